The van der Waals surface area contributed by atoms with Crippen LogP contribution in [-0.2, 0) is 25.2 Å². The summed E-state index contributed by atoms with van der Waals surface area (Å²) in [6, 6.07) is 24.0. The monoisotopic (exact) mass is 698 g/mol. The number of carbonyl (C=O) groups is 1. The highest BCUT2D eigenvalue weighted by Crippen LogP contribution is 2.43. The van der Waals surface area contributed by atoms with Crippen LogP contribution in [0, 0.1) is 6.92 Å². The van der Waals surface area contributed by atoms with Gasteiger partial charge in [0.15, 0.2) is 5.82 Å². The highest BCUT2D eigenvalue weighted by Gasteiger charge is 2.37. The molecule has 0 spiro atoms. The Kier molecular flexibility index (Phi) is 9.35. The first kappa shape index (κ1) is 34.8. The molecule has 12 heteroatoms. The molecule has 7 rings (SSSR count). The predicted octanol–water partition coefficient (Wildman–Crippen LogP) is 9.68. The summed E-state index contributed by atoms with van der Waals surface area (Å²) in [6.07, 6.45) is -4.55. The minimum absolute atomic E-state index is 0.0640. The van der Waals surface area contributed by atoms with Gasteiger partial charge in [-0.05, 0) is 82.6 Å². The third-order valence-corrected chi connectivity index (χ3v) is 8.58. The molecular weight excluding hydrogens is 670 g/mol. The molecule has 0 atom stereocenters. The van der Waals surface area contributed by atoms with Crippen LogP contribution in [-0.4, -0.2) is 26.0 Å². The lowest BCUT2D eigenvalue weighted by Gasteiger charge is -2.17. The van der Waals surface area contributed by atoms with Gasteiger partial charge in [-0.2, -0.15) is 26.3 Å². The van der Waals surface area contributed by atoms with Gasteiger partial charge in [-0.3, -0.25) is 4.98 Å². The van der Waals surface area contributed by atoms with Crippen LogP contribution in [0.1, 0.15) is 49.3 Å². The van der Waals surface area contributed by atoms with Crippen LogP contribution < -0.4 is 5.73 Å². The summed E-state index contributed by atoms with van der Waals surface area (Å²) < 4.78 is 79.1. The topological polar surface area (TPSA) is 102 Å². The van der Waals surface area contributed by atoms with Crippen molar-refractivity contribution in [3.63, 3.8) is 0 Å². The molecule has 0 saturated carbocycles. The van der Waals surface area contributed by atoms with E-state index in [-0.39, 0.29) is 23.6 Å². The molecule has 6 nitrogen and oxygen atoms in total. The number of nitrogens with zero attached hydrogens (tertiary/aromatic N) is 3. The van der Waals surface area contributed by atoms with Crippen LogP contribution in [0.2, 0.25) is 0 Å². The molecule has 1 aliphatic rings. The second-order valence-corrected chi connectivity index (χ2v) is 11.9. The van der Waals surface area contributed by atoms with Gasteiger partial charge in [-0.15, -0.1) is 0 Å². The maximum atomic E-state index is 13.2. The van der Waals surface area contributed by atoms with E-state index >= 15 is 0 Å². The third-order valence-electron chi connectivity index (χ3n) is 8.58. The summed E-state index contributed by atoms with van der Waals surface area (Å²) in [5, 5.41) is 9.30. The number of pyridine rings is 1. The number of carboxylic acids is 1. The predicted molar refractivity (Wildman–Crippen MR) is 181 cm³/mol. The fraction of sp³-hybridized carbons (Fsp3) is 0.128. The molecule has 3 N–H and O–H groups in total. The lowest BCUT2D eigenvalue weighted by Crippen LogP contribution is -2.12. The third kappa shape index (κ3) is 7.45. The zero-order valence-corrected chi connectivity index (χ0v) is 26.8. The molecule has 2 heterocycles. The second-order valence-electron chi connectivity index (χ2n) is 11.9. The highest BCUT2D eigenvalue weighted by molar-refractivity contribution is 5.94. The minimum Gasteiger partial charge on any atom is -0.478 e. The zero-order chi connectivity index (χ0) is 36.5. The summed E-state index contributed by atoms with van der Waals surface area (Å²) in [5.74, 6) is -0.573. The molecule has 0 aliphatic heterocycles. The van der Waals surface area contributed by atoms with E-state index in [0.29, 0.717) is 34.8 Å². The first-order valence-electron chi connectivity index (χ1n) is 15.5. The standard InChI is InChI=1S/C23H17F6N.C16H11N3O2/c1-12-15(10-19-18-5-3-2-4-14(18)9-20(19)21(12)30)6-13-7-16(22(24,25)26)11-17(8-13)23(27,28)29;20-16(21)13-10-18-15(12-6-8-17-9-7-12)19-14(13)11-4-2-1-3-5-11/h2-5,7-8,10-11H,6,9,30H2,1H3;1-10H,(H,20,21). The van der Waals surface area contributed by atoms with Gasteiger partial charge in [-0.1, -0.05) is 60.7 Å². The molecular formula is C39H28F6N4O2. The van der Waals surface area contributed by atoms with Crippen LogP contribution in [0.5, 0.6) is 0 Å². The molecule has 6 aromatic rings. The Balaban J connectivity index is 0.000000187. The number of aromatic nitrogens is 3. The molecule has 51 heavy (non-hydrogen) atoms. The molecule has 2 aromatic heterocycles. The summed E-state index contributed by atoms with van der Waals surface area (Å²) in [5.41, 5.74) is 11.3. The summed E-state index contributed by atoms with van der Waals surface area (Å²) in [6.45, 7) is 1.74. The number of rotatable bonds is 5. The summed E-state index contributed by atoms with van der Waals surface area (Å²) in [7, 11) is 0. The van der Waals surface area contributed by atoms with Crippen LogP contribution >= 0.6 is 0 Å². The minimum atomic E-state index is -4.87. The molecule has 0 fully saturated rings. The van der Waals surface area contributed by atoms with Crippen molar-refractivity contribution in [1.29, 1.82) is 0 Å². The van der Waals surface area contributed by atoms with Crippen LogP contribution in [0.15, 0.2) is 110 Å². The van der Waals surface area contributed by atoms with E-state index in [1.807, 2.05) is 60.7 Å². The van der Waals surface area contributed by atoms with Crippen molar-refractivity contribution in [1.82, 2.24) is 15.0 Å². The first-order chi connectivity index (χ1) is 24.2. The number of alkyl halides is 6. The van der Waals surface area contributed by atoms with E-state index in [9.17, 15) is 36.2 Å². The summed E-state index contributed by atoms with van der Waals surface area (Å²) in [4.78, 5) is 23.9. The first-order valence-corrected chi connectivity index (χ1v) is 15.5. The Labute approximate surface area is 288 Å². The fourth-order valence-corrected chi connectivity index (χ4v) is 5.99. The van der Waals surface area contributed by atoms with Crippen LogP contribution in [0.3, 0.4) is 0 Å². The van der Waals surface area contributed by atoms with Gasteiger partial charge >= 0.3 is 18.3 Å². The molecule has 0 unspecified atom stereocenters. The molecule has 0 amide bonds. The molecule has 0 saturated heterocycles. The lowest BCUT2D eigenvalue weighted by atomic mass is 9.91. The number of carboxylic acid groups (broad SMARTS) is 1. The van der Waals surface area contributed by atoms with Crippen molar-refractivity contribution in [3.05, 3.63) is 154 Å². The van der Waals surface area contributed by atoms with Crippen molar-refractivity contribution in [3.8, 4) is 33.8 Å². The Morgan fingerprint density at radius 2 is 1.43 bits per heavy atom. The number of halogens is 6. The number of hydrogen-bond donors (Lipinski definition) is 2. The van der Waals surface area contributed by atoms with Gasteiger partial charge in [0.05, 0.1) is 16.8 Å². The SMILES string of the molecule is Cc1c(Cc2cc(C(F)(F)F)cc(C(F)(F)F)c2)cc2c(c1N)Cc1ccccc1-2.O=C(O)c1cnc(-c2ccncc2)nc1-c1ccccc1. The van der Waals surface area contributed by atoms with Gasteiger partial charge < -0.3 is 10.8 Å². The van der Waals surface area contributed by atoms with Gasteiger partial charge in [0.1, 0.15) is 5.56 Å². The lowest BCUT2D eigenvalue weighted by molar-refractivity contribution is -0.143. The van der Waals surface area contributed by atoms with Crippen molar-refractivity contribution in [2.75, 3.05) is 5.73 Å². The normalized spacial score (nSPS) is 12.1. The molecule has 258 valence electrons. The molecule has 1 aliphatic carbocycles. The zero-order valence-electron chi connectivity index (χ0n) is 26.8. The smallest absolute Gasteiger partial charge is 0.416 e. The van der Waals surface area contributed by atoms with Crippen molar-refractivity contribution in [2.45, 2.75) is 32.1 Å². The maximum Gasteiger partial charge on any atom is 0.416 e. The van der Waals surface area contributed by atoms with E-state index in [1.165, 1.54) is 6.20 Å². The number of nitrogens with two attached hydrogens (primary N) is 1. The van der Waals surface area contributed by atoms with Crippen molar-refractivity contribution in [2.24, 2.45) is 0 Å². The average molecular weight is 699 g/mol. The van der Waals surface area contributed by atoms with Crippen molar-refractivity contribution >= 4 is 11.7 Å². The number of anilines is 1. The molecule has 4 aromatic carbocycles. The maximum absolute atomic E-state index is 13.2. The van der Waals surface area contributed by atoms with Gasteiger partial charge in [0.25, 0.3) is 0 Å². The highest BCUT2D eigenvalue weighted by atomic mass is 19.4. The number of aromatic carboxylic acids is 1. The van der Waals surface area contributed by atoms with Crippen LogP contribution in [0.25, 0.3) is 33.8 Å². The van der Waals surface area contributed by atoms with Crippen molar-refractivity contribution < 1.29 is 36.2 Å². The van der Waals surface area contributed by atoms with E-state index < -0.39 is 29.4 Å². The Morgan fingerprint density at radius 3 is 2.06 bits per heavy atom. The Hall–Kier alpha value is -6.04. The Bertz CT molecular complexity index is 2210. The number of hydrogen-bond acceptors (Lipinski definition) is 5. The average Bonchev–Trinajstić information content (AvgIpc) is 3.49. The Morgan fingerprint density at radius 1 is 0.804 bits per heavy atom. The second kappa shape index (κ2) is 13.7. The molecule has 0 radical (unpaired) electrons. The number of fused-ring (bicyclic) bond motifs is 3. The van der Waals surface area contributed by atoms with Gasteiger partial charge in [0.2, 0.25) is 0 Å². The number of nitrogen functional groups attached to an aromatic ring is 1. The number of benzene rings is 4. The fourth-order valence-electron chi connectivity index (χ4n) is 5.99. The molecule has 0 bridgehead atoms. The van der Waals surface area contributed by atoms with Gasteiger partial charge in [0, 0.05) is 41.8 Å². The van der Waals surface area contributed by atoms with Gasteiger partial charge in [-0.25, -0.2) is 14.8 Å². The quantitative estimate of drug-likeness (QED) is 0.137. The van der Waals surface area contributed by atoms with E-state index in [1.54, 1.807) is 31.5 Å². The van der Waals surface area contributed by atoms with E-state index in [2.05, 4.69) is 15.0 Å². The summed E-state index contributed by atoms with van der Waals surface area (Å²) >= 11 is 0. The van der Waals surface area contributed by atoms with E-state index in [4.69, 9.17) is 5.73 Å². The van der Waals surface area contributed by atoms with E-state index in [0.717, 1.165) is 45.5 Å². The van der Waals surface area contributed by atoms with Crippen LogP contribution in [0.4, 0.5) is 32.0 Å². The largest absolute Gasteiger partial charge is 0.478 e.